The lowest BCUT2D eigenvalue weighted by molar-refractivity contribution is -0.113. The second kappa shape index (κ2) is 2.81. The van der Waals surface area contributed by atoms with Crippen molar-refractivity contribution in [2.45, 2.75) is 6.92 Å². The van der Waals surface area contributed by atoms with Crippen molar-refractivity contribution < 1.29 is 9.53 Å². The van der Waals surface area contributed by atoms with E-state index in [1.165, 1.54) is 6.92 Å². The van der Waals surface area contributed by atoms with Gasteiger partial charge in [-0.2, -0.15) is 0 Å². The zero-order valence-corrected chi connectivity index (χ0v) is 4.89. The van der Waals surface area contributed by atoms with E-state index in [0.717, 1.165) is 0 Å². The van der Waals surface area contributed by atoms with E-state index >= 15 is 0 Å². The maximum absolute atomic E-state index is 10.0. The van der Waals surface area contributed by atoms with Gasteiger partial charge in [-0.1, -0.05) is 0 Å². The third-order valence-corrected chi connectivity index (χ3v) is 0.479. The van der Waals surface area contributed by atoms with Crippen molar-refractivity contribution in [2.75, 3.05) is 0 Å². The Morgan fingerprint density at radius 3 is 2.11 bits per heavy atom. The summed E-state index contributed by atoms with van der Waals surface area (Å²) >= 11 is 0. The van der Waals surface area contributed by atoms with Gasteiger partial charge in [-0.3, -0.25) is 15.6 Å². The van der Waals surface area contributed by atoms with Crippen LogP contribution in [0.2, 0.25) is 0 Å². The van der Waals surface area contributed by atoms with E-state index in [4.69, 9.17) is 10.8 Å². The number of rotatable bonds is 0. The molecule has 4 N–H and O–H groups in total. The van der Waals surface area contributed by atoms with Crippen molar-refractivity contribution in [2.24, 2.45) is 5.73 Å². The summed E-state index contributed by atoms with van der Waals surface area (Å²) in [6.07, 6.45) is 0. The van der Waals surface area contributed by atoms with Crippen LogP contribution < -0.4 is 5.73 Å². The summed E-state index contributed by atoms with van der Waals surface area (Å²) in [6.45, 7) is 1.30. The highest BCUT2D eigenvalue weighted by Crippen LogP contribution is 1.77. The Morgan fingerprint density at radius 1 is 1.56 bits per heavy atom. The minimum atomic E-state index is -0.971. The molecule has 0 atom stereocenters. The molecule has 0 aliphatic rings. The first-order valence-electron chi connectivity index (χ1n) is 2.15. The average molecular weight is 129 g/mol. The topological polar surface area (TPSA) is 100 Å². The summed E-state index contributed by atoms with van der Waals surface area (Å²) in [7, 11) is 0. The fourth-order valence-electron chi connectivity index (χ4n) is 0.203. The first-order chi connectivity index (χ1) is 4.04. The predicted molar refractivity (Wildman–Crippen MR) is 31.4 cm³/mol. The van der Waals surface area contributed by atoms with Gasteiger partial charge >= 0.3 is 5.91 Å². The van der Waals surface area contributed by atoms with Crippen LogP contribution in [0.25, 0.3) is 0 Å². The zero-order chi connectivity index (χ0) is 7.44. The molecule has 0 spiro atoms. The van der Waals surface area contributed by atoms with E-state index in [1.54, 1.807) is 0 Å². The molecule has 0 rings (SSSR count). The highest BCUT2D eigenvalue weighted by molar-refractivity contribution is 6.34. The van der Waals surface area contributed by atoms with Gasteiger partial charge < -0.3 is 10.5 Å². The molecule has 5 nitrogen and oxygen atoms in total. The summed E-state index contributed by atoms with van der Waals surface area (Å²) in [5, 5.41) is 13.3. The molecule has 0 aromatic carbocycles. The lowest BCUT2D eigenvalue weighted by Gasteiger charge is -1.97. The van der Waals surface area contributed by atoms with Crippen LogP contribution >= 0.6 is 0 Å². The van der Waals surface area contributed by atoms with E-state index in [-0.39, 0.29) is 5.90 Å². The van der Waals surface area contributed by atoms with E-state index in [1.807, 2.05) is 0 Å². The molecule has 1 amide bonds. The SMILES string of the molecule is CC(=N)OC(=N)C(N)=O. The quantitative estimate of drug-likeness (QED) is 0.302. The molecule has 0 aliphatic carbocycles. The highest BCUT2D eigenvalue weighted by atomic mass is 16.5. The third-order valence-electron chi connectivity index (χ3n) is 0.479. The Hall–Kier alpha value is -1.39. The highest BCUT2D eigenvalue weighted by Gasteiger charge is 2.04. The molecule has 0 radical (unpaired) electrons. The number of carbonyl (C=O) groups excluding carboxylic acids is 1. The van der Waals surface area contributed by atoms with Crippen molar-refractivity contribution in [1.82, 2.24) is 0 Å². The van der Waals surface area contributed by atoms with E-state index < -0.39 is 11.8 Å². The molecule has 0 bridgehead atoms. The number of ether oxygens (including phenoxy) is 1. The van der Waals surface area contributed by atoms with Gasteiger partial charge in [0.15, 0.2) is 5.90 Å². The van der Waals surface area contributed by atoms with Crippen LogP contribution in [0, 0.1) is 10.8 Å². The molecular weight excluding hydrogens is 122 g/mol. The van der Waals surface area contributed by atoms with Crippen LogP contribution in [0.1, 0.15) is 6.92 Å². The molecule has 0 saturated heterocycles. The fourth-order valence-corrected chi connectivity index (χ4v) is 0.203. The summed E-state index contributed by atoms with van der Waals surface area (Å²) in [6, 6.07) is 0. The molecule has 0 heterocycles. The Labute approximate surface area is 51.8 Å². The van der Waals surface area contributed by atoms with Gasteiger partial charge in [0.2, 0.25) is 0 Å². The summed E-state index contributed by atoms with van der Waals surface area (Å²) in [5.41, 5.74) is 4.60. The third kappa shape index (κ3) is 3.22. The van der Waals surface area contributed by atoms with Gasteiger partial charge in [0.25, 0.3) is 5.90 Å². The van der Waals surface area contributed by atoms with Gasteiger partial charge in [-0.05, 0) is 0 Å². The maximum atomic E-state index is 10.0. The lowest BCUT2D eigenvalue weighted by atomic mass is 10.6. The second-order valence-electron chi connectivity index (χ2n) is 1.35. The Bertz CT molecular complexity index is 163. The molecule has 0 aliphatic heterocycles. The smallest absolute Gasteiger partial charge is 0.304 e. The van der Waals surface area contributed by atoms with Crippen LogP contribution in [0.3, 0.4) is 0 Å². The van der Waals surface area contributed by atoms with E-state index in [0.29, 0.717) is 0 Å². The Kier molecular flexibility index (Phi) is 2.37. The molecule has 0 saturated carbocycles. The van der Waals surface area contributed by atoms with Crippen molar-refractivity contribution in [3.63, 3.8) is 0 Å². The number of hydrogen-bond acceptors (Lipinski definition) is 4. The monoisotopic (exact) mass is 129 g/mol. The summed E-state index contributed by atoms with van der Waals surface area (Å²) < 4.78 is 4.20. The zero-order valence-electron chi connectivity index (χ0n) is 4.89. The van der Waals surface area contributed by atoms with Gasteiger partial charge in [-0.25, -0.2) is 0 Å². The minimum absolute atomic E-state index is 0.223. The Morgan fingerprint density at radius 2 is 2.00 bits per heavy atom. The number of primary amides is 1. The van der Waals surface area contributed by atoms with Crippen LogP contribution in [0.5, 0.6) is 0 Å². The normalized spacial score (nSPS) is 8.11. The van der Waals surface area contributed by atoms with Crippen molar-refractivity contribution in [3.8, 4) is 0 Å². The summed E-state index contributed by atoms with van der Waals surface area (Å²) in [5.74, 6) is -1.90. The van der Waals surface area contributed by atoms with Crippen LogP contribution in [0.4, 0.5) is 0 Å². The van der Waals surface area contributed by atoms with Crippen molar-refractivity contribution in [1.29, 1.82) is 10.8 Å². The summed E-state index contributed by atoms with van der Waals surface area (Å²) in [4.78, 5) is 10.0. The number of carbonyl (C=O) groups is 1. The first-order valence-corrected chi connectivity index (χ1v) is 2.15. The Balaban J connectivity index is 3.79. The average Bonchev–Trinajstić information content (AvgIpc) is 1.63. The molecule has 50 valence electrons. The first kappa shape index (κ1) is 7.61. The second-order valence-corrected chi connectivity index (χ2v) is 1.35. The van der Waals surface area contributed by atoms with E-state index in [2.05, 4.69) is 10.5 Å². The number of nitrogens with one attached hydrogen (secondary N) is 2. The number of amides is 1. The molecular formula is C4H7N3O2. The molecule has 0 aromatic heterocycles. The van der Waals surface area contributed by atoms with Crippen molar-refractivity contribution >= 4 is 17.7 Å². The van der Waals surface area contributed by atoms with Crippen molar-refractivity contribution in [3.05, 3.63) is 0 Å². The van der Waals surface area contributed by atoms with E-state index in [9.17, 15) is 4.79 Å². The number of nitrogens with two attached hydrogens (primary N) is 1. The molecule has 9 heavy (non-hydrogen) atoms. The lowest BCUT2D eigenvalue weighted by Crippen LogP contribution is -2.26. The molecule has 0 unspecified atom stereocenters. The van der Waals surface area contributed by atoms with Crippen LogP contribution in [0.15, 0.2) is 0 Å². The fraction of sp³-hybridized carbons (Fsp3) is 0.250. The molecule has 5 heteroatoms. The van der Waals surface area contributed by atoms with Crippen LogP contribution in [-0.2, 0) is 9.53 Å². The van der Waals surface area contributed by atoms with Gasteiger partial charge in [0.1, 0.15) is 0 Å². The molecule has 0 fully saturated rings. The molecule has 0 aromatic rings. The number of hydrogen-bond donors (Lipinski definition) is 3. The van der Waals surface area contributed by atoms with Gasteiger partial charge in [-0.15, -0.1) is 0 Å². The standard InChI is InChI=1S/C4H7N3O2/c1-2(5)9-4(7)3(6)8/h5,7H,1H3,(H2,6,8). The largest absolute Gasteiger partial charge is 0.421 e. The minimum Gasteiger partial charge on any atom is -0.421 e. The van der Waals surface area contributed by atoms with Gasteiger partial charge in [0.05, 0.1) is 0 Å². The maximum Gasteiger partial charge on any atom is 0.304 e. The van der Waals surface area contributed by atoms with Crippen LogP contribution in [-0.4, -0.2) is 17.7 Å². The van der Waals surface area contributed by atoms with Gasteiger partial charge in [0, 0.05) is 6.92 Å². The predicted octanol–water partition coefficient (Wildman–Crippen LogP) is -0.537.